The Hall–Kier alpha value is -4.00. The van der Waals surface area contributed by atoms with Gasteiger partial charge in [0.05, 0.1) is 5.52 Å². The summed E-state index contributed by atoms with van der Waals surface area (Å²) in [7, 11) is 0. The summed E-state index contributed by atoms with van der Waals surface area (Å²) in [5.41, 5.74) is 5.13. The average molecular weight is 555 g/mol. The highest BCUT2D eigenvalue weighted by Gasteiger charge is 2.24. The van der Waals surface area contributed by atoms with Gasteiger partial charge in [-0.25, -0.2) is 9.37 Å². The maximum atomic E-state index is 13.7. The monoisotopic (exact) mass is 554 g/mol. The zero-order chi connectivity index (χ0) is 28.8. The van der Waals surface area contributed by atoms with Crippen LogP contribution in [0.4, 0.5) is 10.2 Å². The van der Waals surface area contributed by atoms with E-state index in [-0.39, 0.29) is 17.6 Å². The lowest BCUT2D eigenvalue weighted by atomic mass is 9.97. The Labute approximate surface area is 242 Å². The van der Waals surface area contributed by atoms with Crippen LogP contribution in [0.2, 0.25) is 0 Å². The van der Waals surface area contributed by atoms with Crippen LogP contribution >= 0.6 is 0 Å². The smallest absolute Gasteiger partial charge is 0.246 e. The zero-order valence-electron chi connectivity index (χ0n) is 24.1. The van der Waals surface area contributed by atoms with Gasteiger partial charge in [-0.05, 0) is 81.0 Å². The summed E-state index contributed by atoms with van der Waals surface area (Å²) in [5.74, 6) is 0.522. The second-order valence-electron chi connectivity index (χ2n) is 11.2. The number of carbonyl (C=O) groups is 2. The minimum Gasteiger partial charge on any atom is -0.353 e. The molecular weight excluding hydrogens is 515 g/mol. The molecule has 0 N–H and O–H groups in total. The number of aromatic nitrogens is 1. The summed E-state index contributed by atoms with van der Waals surface area (Å²) >= 11 is 0. The first-order valence-corrected chi connectivity index (χ1v) is 14.7. The fourth-order valence-corrected chi connectivity index (χ4v) is 5.72. The van der Waals surface area contributed by atoms with Crippen molar-refractivity contribution in [1.29, 1.82) is 0 Å². The van der Waals surface area contributed by atoms with Gasteiger partial charge in [0.25, 0.3) is 0 Å². The van der Waals surface area contributed by atoms with Crippen LogP contribution in [-0.4, -0.2) is 59.3 Å². The lowest BCUT2D eigenvalue weighted by Crippen LogP contribution is -2.48. The first-order valence-electron chi connectivity index (χ1n) is 14.7. The molecule has 6 nitrogen and oxygen atoms in total. The van der Waals surface area contributed by atoms with Gasteiger partial charge in [0.15, 0.2) is 0 Å². The van der Waals surface area contributed by atoms with Crippen molar-refractivity contribution < 1.29 is 14.0 Å². The Morgan fingerprint density at radius 1 is 1.05 bits per heavy atom. The van der Waals surface area contributed by atoms with E-state index in [1.807, 2.05) is 15.9 Å². The minimum absolute atomic E-state index is 0.0886. The van der Waals surface area contributed by atoms with Gasteiger partial charge in [0.2, 0.25) is 11.8 Å². The van der Waals surface area contributed by atoms with Crippen molar-refractivity contribution in [3.8, 4) is 0 Å². The van der Waals surface area contributed by atoms with Gasteiger partial charge < -0.3 is 14.7 Å². The summed E-state index contributed by atoms with van der Waals surface area (Å²) in [6.45, 7) is 7.37. The second-order valence-corrected chi connectivity index (χ2v) is 11.2. The SMILES string of the molecule is CC(=O)N1CCN(c2nc3ccc(C)cc3cc2CN(CCC2=CCCCC2)C(=O)C=Cc2cccc(F)c2)CC1. The van der Waals surface area contributed by atoms with Crippen molar-refractivity contribution in [3.05, 3.63) is 88.8 Å². The summed E-state index contributed by atoms with van der Waals surface area (Å²) in [6.07, 6.45) is 11.0. The molecule has 0 atom stereocenters. The van der Waals surface area contributed by atoms with Crippen molar-refractivity contribution in [2.24, 2.45) is 0 Å². The summed E-state index contributed by atoms with van der Waals surface area (Å²) in [6, 6.07) is 14.7. The molecule has 1 aliphatic carbocycles. The van der Waals surface area contributed by atoms with E-state index >= 15 is 0 Å². The molecule has 1 saturated heterocycles. The summed E-state index contributed by atoms with van der Waals surface area (Å²) < 4.78 is 13.7. The topological polar surface area (TPSA) is 56.8 Å². The molecule has 2 heterocycles. The van der Waals surface area contributed by atoms with Crippen LogP contribution in [0.15, 0.2) is 66.3 Å². The molecule has 0 unspecified atom stereocenters. The maximum absolute atomic E-state index is 13.7. The van der Waals surface area contributed by atoms with Gasteiger partial charge in [0.1, 0.15) is 11.6 Å². The predicted molar refractivity (Wildman–Crippen MR) is 163 cm³/mol. The largest absolute Gasteiger partial charge is 0.353 e. The molecule has 2 amide bonds. The van der Waals surface area contributed by atoms with Crippen LogP contribution in [0.5, 0.6) is 0 Å². The van der Waals surface area contributed by atoms with Gasteiger partial charge in [-0.1, -0.05) is 35.4 Å². The van der Waals surface area contributed by atoms with Gasteiger partial charge in [0, 0.05) is 63.2 Å². The van der Waals surface area contributed by atoms with Crippen LogP contribution in [0.3, 0.4) is 0 Å². The Morgan fingerprint density at radius 3 is 2.61 bits per heavy atom. The fraction of sp³-hybridized carbons (Fsp3) is 0.382. The number of hydrogen-bond donors (Lipinski definition) is 0. The summed E-state index contributed by atoms with van der Waals surface area (Å²) in [5, 5.41) is 1.05. The number of piperazine rings is 1. The number of amides is 2. The number of nitrogens with zero attached hydrogens (tertiary/aromatic N) is 4. The van der Waals surface area contributed by atoms with Crippen LogP contribution in [0.25, 0.3) is 17.0 Å². The number of pyridine rings is 1. The third-order valence-electron chi connectivity index (χ3n) is 8.08. The van der Waals surface area contributed by atoms with Crippen molar-refractivity contribution in [3.63, 3.8) is 0 Å². The van der Waals surface area contributed by atoms with Gasteiger partial charge in [-0.2, -0.15) is 0 Å². The lowest BCUT2D eigenvalue weighted by Gasteiger charge is -2.36. The molecular formula is C34H39FN4O2. The second kappa shape index (κ2) is 13.1. The molecule has 3 aromatic rings. The molecule has 0 saturated carbocycles. The number of halogens is 1. The van der Waals surface area contributed by atoms with E-state index in [0.717, 1.165) is 47.1 Å². The number of aryl methyl sites for hydroxylation is 1. The standard InChI is InChI=1S/C34H39FN4O2/c1-25-11-13-32-29(21-25)23-30(34(36-32)38-19-17-37(18-20-38)26(2)40)24-39(16-15-27-7-4-3-5-8-27)33(41)14-12-28-9-6-10-31(35)22-28/h6-7,9-14,21-23H,3-5,8,15-20,24H2,1-2H3. The molecule has 214 valence electrons. The Kier molecular flexibility index (Phi) is 9.12. The highest BCUT2D eigenvalue weighted by atomic mass is 19.1. The van der Waals surface area contributed by atoms with E-state index in [1.165, 1.54) is 30.5 Å². The molecule has 1 aliphatic heterocycles. The van der Waals surface area contributed by atoms with E-state index in [0.29, 0.717) is 44.8 Å². The third kappa shape index (κ3) is 7.40. The molecule has 0 bridgehead atoms. The normalized spacial score (nSPS) is 15.8. The Bertz CT molecular complexity index is 1470. The van der Waals surface area contributed by atoms with Gasteiger partial charge in [-0.3, -0.25) is 9.59 Å². The molecule has 1 fully saturated rings. The molecule has 0 radical (unpaired) electrons. The minimum atomic E-state index is -0.326. The number of fused-ring (bicyclic) bond motifs is 1. The van der Waals surface area contributed by atoms with E-state index in [4.69, 9.17) is 4.98 Å². The fourth-order valence-electron chi connectivity index (χ4n) is 5.72. The van der Waals surface area contributed by atoms with E-state index < -0.39 is 0 Å². The zero-order valence-corrected chi connectivity index (χ0v) is 24.1. The van der Waals surface area contributed by atoms with Crippen LogP contribution in [0, 0.1) is 12.7 Å². The molecule has 2 aromatic carbocycles. The molecule has 0 spiro atoms. The van der Waals surface area contributed by atoms with E-state index in [1.54, 1.807) is 31.2 Å². The third-order valence-corrected chi connectivity index (χ3v) is 8.08. The highest BCUT2D eigenvalue weighted by molar-refractivity contribution is 5.92. The quantitative estimate of drug-likeness (QED) is 0.243. The maximum Gasteiger partial charge on any atom is 0.246 e. The van der Waals surface area contributed by atoms with Gasteiger partial charge >= 0.3 is 0 Å². The van der Waals surface area contributed by atoms with Crippen molar-refractivity contribution in [2.45, 2.75) is 52.5 Å². The molecule has 41 heavy (non-hydrogen) atoms. The summed E-state index contributed by atoms with van der Waals surface area (Å²) in [4.78, 5) is 36.7. The van der Waals surface area contributed by atoms with Crippen molar-refractivity contribution in [2.75, 3.05) is 37.6 Å². The van der Waals surface area contributed by atoms with E-state index in [2.05, 4.69) is 36.1 Å². The van der Waals surface area contributed by atoms with Crippen molar-refractivity contribution in [1.82, 2.24) is 14.8 Å². The van der Waals surface area contributed by atoms with Crippen LogP contribution in [-0.2, 0) is 16.1 Å². The molecule has 2 aliphatic rings. The van der Waals surface area contributed by atoms with Crippen LogP contribution in [0.1, 0.15) is 55.7 Å². The molecule has 1 aromatic heterocycles. The average Bonchev–Trinajstić information content (AvgIpc) is 2.98. The first kappa shape index (κ1) is 28.5. The highest BCUT2D eigenvalue weighted by Crippen LogP contribution is 2.28. The number of carbonyl (C=O) groups excluding carboxylic acids is 2. The Morgan fingerprint density at radius 2 is 1.88 bits per heavy atom. The first-order chi connectivity index (χ1) is 19.9. The van der Waals surface area contributed by atoms with Crippen LogP contribution < -0.4 is 4.90 Å². The number of rotatable bonds is 8. The predicted octanol–water partition coefficient (Wildman–Crippen LogP) is 6.28. The number of benzene rings is 2. The molecule has 7 heteroatoms. The van der Waals surface area contributed by atoms with E-state index in [9.17, 15) is 14.0 Å². The number of hydrogen-bond acceptors (Lipinski definition) is 4. The number of allylic oxidation sites excluding steroid dienone is 1. The molecule has 5 rings (SSSR count). The Balaban J connectivity index is 1.46. The van der Waals surface area contributed by atoms with Gasteiger partial charge in [-0.15, -0.1) is 0 Å². The van der Waals surface area contributed by atoms with Crippen molar-refractivity contribution >= 4 is 34.6 Å². The lowest BCUT2D eigenvalue weighted by molar-refractivity contribution is -0.129. The number of anilines is 1.